The summed E-state index contributed by atoms with van der Waals surface area (Å²) in [6, 6.07) is 15.9. The number of ether oxygens (including phenoxy) is 1. The van der Waals surface area contributed by atoms with Crippen LogP contribution in [0.5, 0.6) is 0 Å². The Morgan fingerprint density at radius 3 is 2.41 bits per heavy atom. The Balaban J connectivity index is 1.39. The van der Waals surface area contributed by atoms with Crippen LogP contribution in [0, 0.1) is 12.8 Å². The number of imidazole rings is 1. The molecule has 1 aliphatic heterocycles. The third kappa shape index (κ3) is 5.24. The molecule has 1 fully saturated rings. The lowest BCUT2D eigenvalue weighted by Gasteiger charge is -2.34. The van der Waals surface area contributed by atoms with Crippen LogP contribution < -0.4 is 0 Å². The van der Waals surface area contributed by atoms with E-state index in [4.69, 9.17) is 9.72 Å². The number of aryl methyl sites for hydroxylation is 1. The van der Waals surface area contributed by atoms with Crippen LogP contribution in [0.1, 0.15) is 49.8 Å². The molecule has 0 saturated carbocycles. The molecule has 1 aromatic heterocycles. The molecule has 3 aromatic rings. The van der Waals surface area contributed by atoms with Gasteiger partial charge < -0.3 is 14.5 Å². The molecule has 0 atom stereocenters. The lowest BCUT2D eigenvalue weighted by Crippen LogP contribution is -2.43. The smallest absolute Gasteiger partial charge is 0.410 e. The second kappa shape index (κ2) is 9.49. The van der Waals surface area contributed by atoms with Gasteiger partial charge in [0.15, 0.2) is 0 Å². The van der Waals surface area contributed by atoms with E-state index in [1.807, 2.05) is 69.0 Å². The minimum atomic E-state index is -0.502. The topological polar surface area (TPSA) is 67.7 Å². The van der Waals surface area contributed by atoms with Crippen molar-refractivity contribution in [1.82, 2.24) is 19.4 Å². The van der Waals surface area contributed by atoms with Crippen LogP contribution in [-0.4, -0.2) is 63.6 Å². The SMILES string of the molecule is Cc1nc2cc(C(=O)N3CCC(CN(C)C(=O)OC(C)(C)C)CC3)ccc2n1-c1ccccc1. The number of likely N-dealkylation sites (tertiary alicyclic amines) is 1. The highest BCUT2D eigenvalue weighted by Gasteiger charge is 2.27. The van der Waals surface area contributed by atoms with Gasteiger partial charge in [0.25, 0.3) is 5.91 Å². The highest BCUT2D eigenvalue weighted by molar-refractivity contribution is 5.97. The first-order valence-electron chi connectivity index (χ1n) is 11.9. The molecule has 2 amide bonds. The van der Waals surface area contributed by atoms with Gasteiger partial charge in [-0.3, -0.25) is 9.36 Å². The van der Waals surface area contributed by atoms with Crippen molar-refractivity contribution < 1.29 is 14.3 Å². The Labute approximate surface area is 201 Å². The van der Waals surface area contributed by atoms with Gasteiger partial charge in [-0.15, -0.1) is 0 Å². The molecule has 1 saturated heterocycles. The maximum Gasteiger partial charge on any atom is 0.410 e. The normalized spacial score (nSPS) is 14.9. The van der Waals surface area contributed by atoms with E-state index in [1.165, 1.54) is 0 Å². The number of para-hydroxylation sites is 1. The Hall–Kier alpha value is -3.35. The molecule has 0 bridgehead atoms. The number of aromatic nitrogens is 2. The van der Waals surface area contributed by atoms with Crippen molar-refractivity contribution in [2.75, 3.05) is 26.7 Å². The molecule has 0 aliphatic carbocycles. The van der Waals surface area contributed by atoms with Crippen molar-refractivity contribution in [3.05, 3.63) is 59.9 Å². The maximum absolute atomic E-state index is 13.2. The summed E-state index contributed by atoms with van der Waals surface area (Å²) in [6.45, 7) is 9.59. The quantitative estimate of drug-likeness (QED) is 0.544. The third-order valence-electron chi connectivity index (χ3n) is 6.22. The molecule has 0 spiro atoms. The lowest BCUT2D eigenvalue weighted by molar-refractivity contribution is 0.0246. The zero-order chi connectivity index (χ0) is 24.5. The molecular formula is C27H34N4O3. The number of piperidine rings is 1. The number of nitrogens with zero attached hydrogens (tertiary/aromatic N) is 4. The largest absolute Gasteiger partial charge is 0.444 e. The zero-order valence-electron chi connectivity index (χ0n) is 20.7. The first-order valence-corrected chi connectivity index (χ1v) is 11.9. The second-order valence-electron chi connectivity index (χ2n) is 10.1. The third-order valence-corrected chi connectivity index (χ3v) is 6.22. The molecular weight excluding hydrogens is 428 g/mol. The monoisotopic (exact) mass is 462 g/mol. The van der Waals surface area contributed by atoms with Crippen LogP contribution in [0.15, 0.2) is 48.5 Å². The van der Waals surface area contributed by atoms with Crippen LogP contribution in [0.4, 0.5) is 4.79 Å². The maximum atomic E-state index is 13.2. The molecule has 0 radical (unpaired) electrons. The fourth-order valence-electron chi connectivity index (χ4n) is 4.54. The van der Waals surface area contributed by atoms with Crippen LogP contribution in [-0.2, 0) is 4.74 Å². The van der Waals surface area contributed by atoms with E-state index in [9.17, 15) is 9.59 Å². The van der Waals surface area contributed by atoms with E-state index in [2.05, 4.69) is 16.7 Å². The molecule has 0 N–H and O–H groups in total. The predicted octanol–water partition coefficient (Wildman–Crippen LogP) is 5.05. The van der Waals surface area contributed by atoms with Gasteiger partial charge in [-0.25, -0.2) is 9.78 Å². The van der Waals surface area contributed by atoms with Gasteiger partial charge in [0, 0.05) is 37.9 Å². The Morgan fingerprint density at radius 1 is 1.09 bits per heavy atom. The van der Waals surface area contributed by atoms with Gasteiger partial charge in [0.1, 0.15) is 11.4 Å². The van der Waals surface area contributed by atoms with Gasteiger partial charge in [-0.05, 0) is 76.8 Å². The van der Waals surface area contributed by atoms with E-state index in [0.717, 1.165) is 35.4 Å². The fourth-order valence-corrected chi connectivity index (χ4v) is 4.54. The zero-order valence-corrected chi connectivity index (χ0v) is 20.7. The number of carbonyl (C=O) groups is 2. The molecule has 1 aliphatic rings. The van der Waals surface area contributed by atoms with Crippen LogP contribution >= 0.6 is 0 Å². The van der Waals surface area contributed by atoms with Gasteiger partial charge in [0.05, 0.1) is 11.0 Å². The average Bonchev–Trinajstić information content (AvgIpc) is 3.13. The standard InChI is InChI=1S/C27H34N4O3/c1-19-28-23-17-21(11-12-24(23)31(19)22-9-7-6-8-10-22)25(32)30-15-13-20(14-16-30)18-29(5)26(33)34-27(2,3)4/h6-12,17,20H,13-16,18H2,1-5H3. The average molecular weight is 463 g/mol. The molecule has 2 heterocycles. The lowest BCUT2D eigenvalue weighted by atomic mass is 9.96. The van der Waals surface area contributed by atoms with Crippen LogP contribution in [0.25, 0.3) is 16.7 Å². The number of carbonyl (C=O) groups excluding carboxylic acids is 2. The van der Waals surface area contributed by atoms with Gasteiger partial charge in [-0.2, -0.15) is 0 Å². The number of hydrogen-bond donors (Lipinski definition) is 0. The number of hydrogen-bond acceptors (Lipinski definition) is 4. The summed E-state index contributed by atoms with van der Waals surface area (Å²) in [5.74, 6) is 1.28. The Bertz CT molecular complexity index is 1170. The fraction of sp³-hybridized carbons (Fsp3) is 0.444. The molecule has 34 heavy (non-hydrogen) atoms. The second-order valence-corrected chi connectivity index (χ2v) is 10.1. The van der Waals surface area contributed by atoms with E-state index in [0.29, 0.717) is 31.1 Å². The predicted molar refractivity (Wildman–Crippen MR) is 133 cm³/mol. The van der Waals surface area contributed by atoms with Crippen molar-refractivity contribution in [1.29, 1.82) is 0 Å². The summed E-state index contributed by atoms with van der Waals surface area (Å²) >= 11 is 0. The van der Waals surface area contributed by atoms with Crippen molar-refractivity contribution in [2.24, 2.45) is 5.92 Å². The van der Waals surface area contributed by atoms with Gasteiger partial charge in [0.2, 0.25) is 0 Å². The van der Waals surface area contributed by atoms with Crippen molar-refractivity contribution in [3.63, 3.8) is 0 Å². The summed E-state index contributed by atoms with van der Waals surface area (Å²) in [7, 11) is 1.78. The molecule has 2 aromatic carbocycles. The summed E-state index contributed by atoms with van der Waals surface area (Å²) < 4.78 is 7.55. The number of rotatable bonds is 4. The highest BCUT2D eigenvalue weighted by Crippen LogP contribution is 2.25. The minimum absolute atomic E-state index is 0.0350. The van der Waals surface area contributed by atoms with E-state index < -0.39 is 5.60 Å². The Kier molecular flexibility index (Phi) is 6.64. The summed E-state index contributed by atoms with van der Waals surface area (Å²) in [5.41, 5.74) is 3.03. The van der Waals surface area contributed by atoms with Gasteiger partial charge in [-0.1, -0.05) is 18.2 Å². The summed E-state index contributed by atoms with van der Waals surface area (Å²) in [4.78, 5) is 33.7. The van der Waals surface area contributed by atoms with Gasteiger partial charge >= 0.3 is 6.09 Å². The summed E-state index contributed by atoms with van der Waals surface area (Å²) in [6.07, 6.45) is 1.43. The molecule has 7 heteroatoms. The van der Waals surface area contributed by atoms with Crippen molar-refractivity contribution in [3.8, 4) is 5.69 Å². The van der Waals surface area contributed by atoms with Crippen molar-refractivity contribution in [2.45, 2.75) is 46.1 Å². The Morgan fingerprint density at radius 2 is 1.76 bits per heavy atom. The van der Waals surface area contributed by atoms with Crippen molar-refractivity contribution >= 4 is 23.0 Å². The minimum Gasteiger partial charge on any atom is -0.444 e. The molecule has 180 valence electrons. The van der Waals surface area contributed by atoms with Crippen LogP contribution in [0.2, 0.25) is 0 Å². The van der Waals surface area contributed by atoms with E-state index >= 15 is 0 Å². The highest BCUT2D eigenvalue weighted by atomic mass is 16.6. The van der Waals surface area contributed by atoms with E-state index in [1.54, 1.807) is 11.9 Å². The first kappa shape index (κ1) is 23.8. The van der Waals surface area contributed by atoms with Crippen LogP contribution in [0.3, 0.4) is 0 Å². The summed E-state index contributed by atoms with van der Waals surface area (Å²) in [5, 5.41) is 0. The number of fused-ring (bicyclic) bond motifs is 1. The number of amides is 2. The molecule has 7 nitrogen and oxygen atoms in total. The van der Waals surface area contributed by atoms with E-state index in [-0.39, 0.29) is 12.0 Å². The number of benzene rings is 2. The molecule has 4 rings (SSSR count). The molecule has 0 unspecified atom stereocenters. The first-order chi connectivity index (χ1) is 16.1.